The van der Waals surface area contributed by atoms with Crippen LogP contribution in [0.1, 0.15) is 0 Å². The van der Waals surface area contributed by atoms with E-state index in [1.807, 2.05) is 18.2 Å². The molecule has 2 aromatic rings. The molecule has 1 amide bonds. The van der Waals surface area contributed by atoms with Gasteiger partial charge in [0.25, 0.3) is 5.91 Å². The lowest BCUT2D eigenvalue weighted by Crippen LogP contribution is -2.40. The summed E-state index contributed by atoms with van der Waals surface area (Å²) in [6.45, 7) is 2.19. The Labute approximate surface area is 158 Å². The Balaban J connectivity index is 2.26. The Hall–Kier alpha value is -2.19. The third kappa shape index (κ3) is 6.18. The third-order valence-electron chi connectivity index (χ3n) is 3.38. The van der Waals surface area contributed by atoms with Crippen LogP contribution in [0.2, 0.25) is 0 Å². The van der Waals surface area contributed by atoms with Crippen LogP contribution in [-0.4, -0.2) is 50.0 Å². The molecule has 0 atom stereocenters. The molecule has 2 rings (SSSR count). The first kappa shape index (κ1) is 21.1. The second kappa shape index (κ2) is 8.67. The fourth-order valence-corrected chi connectivity index (χ4v) is 5.61. The molecule has 2 N–H and O–H groups in total. The lowest BCUT2D eigenvalue weighted by atomic mass is 10.3. The lowest BCUT2D eigenvalue weighted by Gasteiger charge is -2.23. The first-order valence-corrected chi connectivity index (χ1v) is 12.1. The van der Waals surface area contributed by atoms with Crippen molar-refractivity contribution in [2.75, 3.05) is 26.2 Å². The number of hydrogen-bond acceptors (Lipinski definition) is 6. The number of rotatable bonds is 8. The van der Waals surface area contributed by atoms with E-state index in [9.17, 15) is 17.8 Å². The summed E-state index contributed by atoms with van der Waals surface area (Å²) < 4.78 is 44.2. The van der Waals surface area contributed by atoms with Gasteiger partial charge in [-0.25, -0.2) is 13.9 Å². The fraction of sp³-hybridized carbons (Fsp3) is 0.235. The fourth-order valence-electron chi connectivity index (χ4n) is 2.24. The van der Waals surface area contributed by atoms with Crippen LogP contribution in [0.4, 0.5) is 0 Å². The first-order valence-electron chi connectivity index (χ1n) is 7.92. The van der Waals surface area contributed by atoms with Gasteiger partial charge in [-0.15, -0.1) is 0 Å². The maximum absolute atomic E-state index is 12.8. The second-order valence-corrected chi connectivity index (χ2v) is 11.6. The molecule has 0 aliphatic carbocycles. The average Bonchev–Trinajstić information content (AvgIpc) is 2.61. The minimum Gasteiger partial charge on any atom is -0.457 e. The van der Waals surface area contributed by atoms with Gasteiger partial charge >= 0.3 is 0 Å². The molecule has 2 aromatic carbocycles. The van der Waals surface area contributed by atoms with Gasteiger partial charge in [-0.1, -0.05) is 18.2 Å². The molecule has 0 radical (unpaired) electrons. The Bertz CT molecular complexity index is 926. The number of hydrogen-bond donors (Lipinski definition) is 2. The minimum absolute atomic E-state index is 0.0814. The van der Waals surface area contributed by atoms with Crippen molar-refractivity contribution < 1.29 is 27.7 Å². The van der Waals surface area contributed by atoms with E-state index >= 15 is 0 Å². The van der Waals surface area contributed by atoms with Crippen LogP contribution < -0.4 is 10.2 Å². The predicted molar refractivity (Wildman–Crippen MR) is 101 cm³/mol. The van der Waals surface area contributed by atoms with E-state index in [1.54, 1.807) is 12.1 Å². The van der Waals surface area contributed by atoms with Crippen LogP contribution in [0.5, 0.6) is 11.5 Å². The largest absolute Gasteiger partial charge is 0.457 e. The Morgan fingerprint density at radius 1 is 1.07 bits per heavy atom. The van der Waals surface area contributed by atoms with Gasteiger partial charge in [0, 0.05) is 0 Å². The normalized spacial score (nSPS) is 12.0. The number of benzene rings is 2. The molecular formula is C17H21N2O6PS. The van der Waals surface area contributed by atoms with E-state index in [1.165, 1.54) is 43.1 Å². The highest BCUT2D eigenvalue weighted by atomic mass is 32.2. The average molecular weight is 412 g/mol. The van der Waals surface area contributed by atoms with E-state index in [2.05, 4.69) is 0 Å². The van der Waals surface area contributed by atoms with Gasteiger partial charge in [-0.2, -0.15) is 4.31 Å². The number of para-hydroxylation sites is 1. The number of ether oxygens (including phenoxy) is 1. The van der Waals surface area contributed by atoms with Crippen LogP contribution in [0.25, 0.3) is 0 Å². The molecule has 0 saturated heterocycles. The Kier molecular flexibility index (Phi) is 6.78. The smallest absolute Gasteiger partial charge is 0.258 e. The summed E-state index contributed by atoms with van der Waals surface area (Å²) in [5.41, 5.74) is 1.39. The minimum atomic E-state index is -4.10. The summed E-state index contributed by atoms with van der Waals surface area (Å²) in [6, 6.07) is 14.7. The molecule has 0 fully saturated rings. The molecule has 0 spiro atoms. The van der Waals surface area contributed by atoms with E-state index in [0.29, 0.717) is 11.5 Å². The summed E-state index contributed by atoms with van der Waals surface area (Å²) >= 11 is 0. The van der Waals surface area contributed by atoms with Crippen molar-refractivity contribution in [3.63, 3.8) is 0 Å². The monoisotopic (exact) mass is 412 g/mol. The molecule has 0 aliphatic heterocycles. The molecule has 0 unspecified atom stereocenters. The quantitative estimate of drug-likeness (QED) is 0.391. The zero-order valence-corrected chi connectivity index (χ0v) is 16.6. The van der Waals surface area contributed by atoms with E-state index in [-0.39, 0.29) is 11.2 Å². The van der Waals surface area contributed by atoms with Crippen molar-refractivity contribution in [3.05, 3.63) is 54.6 Å². The molecule has 0 bridgehead atoms. The number of nitrogens with zero attached hydrogens (tertiary/aromatic N) is 1. The van der Waals surface area contributed by atoms with E-state index in [4.69, 9.17) is 9.94 Å². The molecular weight excluding hydrogens is 391 g/mol. The standard InChI is InChI=1S/C17H21N2O6PS/c1-26(2,22)13-19(12-17(20)18-21)27(23,24)16-10-8-15(9-11-16)25-14-6-4-3-5-7-14/h3-11,21H,12-13H2,1-2H3,(H,18,20). The highest BCUT2D eigenvalue weighted by Gasteiger charge is 2.30. The zero-order valence-electron chi connectivity index (χ0n) is 14.9. The molecule has 0 heterocycles. The van der Waals surface area contributed by atoms with Crippen molar-refractivity contribution >= 4 is 23.1 Å². The van der Waals surface area contributed by atoms with Crippen molar-refractivity contribution in [2.45, 2.75) is 4.90 Å². The number of nitrogens with one attached hydrogen (secondary N) is 1. The third-order valence-corrected chi connectivity index (χ3v) is 6.40. The zero-order chi connectivity index (χ0) is 20.1. The first-order chi connectivity index (χ1) is 12.6. The SMILES string of the molecule is CP(C)(=O)CN(CC(=O)NO)S(=O)(=O)c1ccc(Oc2ccccc2)cc1. The summed E-state index contributed by atoms with van der Waals surface area (Å²) in [7, 11) is -6.90. The van der Waals surface area contributed by atoms with Gasteiger partial charge in [0.15, 0.2) is 0 Å². The Morgan fingerprint density at radius 2 is 1.63 bits per heavy atom. The number of amides is 1. The van der Waals surface area contributed by atoms with Gasteiger partial charge in [-0.3, -0.25) is 10.0 Å². The molecule has 146 valence electrons. The predicted octanol–water partition coefficient (Wildman–Crippen LogP) is 2.56. The van der Waals surface area contributed by atoms with Crippen LogP contribution in [0.15, 0.2) is 59.5 Å². The molecule has 8 nitrogen and oxygen atoms in total. The van der Waals surface area contributed by atoms with Gasteiger partial charge in [0.1, 0.15) is 11.5 Å². The summed E-state index contributed by atoms with van der Waals surface area (Å²) in [5.74, 6) is 0.125. The lowest BCUT2D eigenvalue weighted by molar-refractivity contribution is -0.129. The van der Waals surface area contributed by atoms with Crippen molar-refractivity contribution in [2.24, 2.45) is 0 Å². The molecule has 0 aromatic heterocycles. The van der Waals surface area contributed by atoms with Gasteiger partial charge in [0.2, 0.25) is 10.0 Å². The summed E-state index contributed by atoms with van der Waals surface area (Å²) in [4.78, 5) is 11.4. The van der Waals surface area contributed by atoms with Crippen LogP contribution in [0.3, 0.4) is 0 Å². The van der Waals surface area contributed by atoms with Crippen LogP contribution >= 0.6 is 7.14 Å². The van der Waals surface area contributed by atoms with E-state index in [0.717, 1.165) is 4.31 Å². The van der Waals surface area contributed by atoms with Gasteiger partial charge in [-0.05, 0) is 49.7 Å². The highest BCUT2D eigenvalue weighted by molar-refractivity contribution is 7.89. The number of carbonyl (C=O) groups excluding carboxylic acids is 1. The highest BCUT2D eigenvalue weighted by Crippen LogP contribution is 2.38. The van der Waals surface area contributed by atoms with Crippen molar-refractivity contribution in [1.29, 1.82) is 0 Å². The van der Waals surface area contributed by atoms with Crippen molar-refractivity contribution in [3.8, 4) is 11.5 Å². The Morgan fingerprint density at radius 3 is 2.15 bits per heavy atom. The topological polar surface area (TPSA) is 113 Å². The van der Waals surface area contributed by atoms with E-state index < -0.39 is 29.6 Å². The summed E-state index contributed by atoms with van der Waals surface area (Å²) in [6.07, 6.45) is -0.328. The number of carbonyl (C=O) groups is 1. The molecule has 10 heteroatoms. The maximum Gasteiger partial charge on any atom is 0.258 e. The molecule has 0 aliphatic rings. The van der Waals surface area contributed by atoms with Crippen molar-refractivity contribution in [1.82, 2.24) is 9.79 Å². The molecule has 27 heavy (non-hydrogen) atoms. The summed E-state index contributed by atoms with van der Waals surface area (Å²) in [5, 5.41) is 8.69. The van der Waals surface area contributed by atoms with Crippen LogP contribution in [-0.2, 0) is 19.4 Å². The number of sulfonamides is 1. The maximum atomic E-state index is 12.8. The second-order valence-electron chi connectivity index (χ2n) is 6.25. The molecule has 0 saturated carbocycles. The van der Waals surface area contributed by atoms with Gasteiger partial charge in [0.05, 0.1) is 24.9 Å². The van der Waals surface area contributed by atoms with Crippen LogP contribution in [0, 0.1) is 0 Å². The van der Waals surface area contributed by atoms with Gasteiger partial charge < -0.3 is 9.30 Å². The number of hydroxylamine groups is 1.